The van der Waals surface area contributed by atoms with Gasteiger partial charge >= 0.3 is 0 Å². The third-order valence-electron chi connectivity index (χ3n) is 4.61. The Balaban J connectivity index is 1.58. The lowest BCUT2D eigenvalue weighted by molar-refractivity contribution is 0.401. The standard InChI is InChI=1S/C18H21F2N3O2S/c1-13-11-15(5-8-21-13)23-9-6-14(7-10-23)12-22-26(24,25)18-16(19)3-2-4-17(18)20/h2-5,8,11,14,22H,6-7,9-10,12H2,1H3. The second-order valence-corrected chi connectivity index (χ2v) is 8.19. The van der Waals surface area contributed by atoms with Gasteiger partial charge in [0.05, 0.1) is 0 Å². The molecule has 0 atom stereocenters. The monoisotopic (exact) mass is 381 g/mol. The minimum absolute atomic E-state index is 0.124. The van der Waals surface area contributed by atoms with Gasteiger partial charge < -0.3 is 4.90 Å². The van der Waals surface area contributed by atoms with Crippen molar-refractivity contribution in [3.63, 3.8) is 0 Å². The van der Waals surface area contributed by atoms with Crippen LogP contribution in [0.4, 0.5) is 14.5 Å². The molecule has 1 aliphatic heterocycles. The molecular weight excluding hydrogens is 360 g/mol. The van der Waals surface area contributed by atoms with E-state index in [1.54, 1.807) is 6.20 Å². The molecule has 2 heterocycles. The zero-order valence-electron chi connectivity index (χ0n) is 14.5. The van der Waals surface area contributed by atoms with E-state index in [0.29, 0.717) is 0 Å². The fourth-order valence-corrected chi connectivity index (χ4v) is 4.41. The molecule has 3 rings (SSSR count). The molecule has 0 bridgehead atoms. The molecular formula is C18H21F2N3O2S. The number of hydrogen-bond acceptors (Lipinski definition) is 4. The van der Waals surface area contributed by atoms with E-state index in [2.05, 4.69) is 14.6 Å². The normalized spacial score (nSPS) is 16.0. The maximum Gasteiger partial charge on any atom is 0.246 e. The number of pyridine rings is 1. The van der Waals surface area contributed by atoms with E-state index in [1.807, 2.05) is 19.1 Å². The lowest BCUT2D eigenvalue weighted by Crippen LogP contribution is -2.39. The Hall–Kier alpha value is -2.06. The third-order valence-corrected chi connectivity index (χ3v) is 6.08. The van der Waals surface area contributed by atoms with Gasteiger partial charge in [-0.3, -0.25) is 4.98 Å². The van der Waals surface area contributed by atoms with Crippen molar-refractivity contribution in [3.8, 4) is 0 Å². The van der Waals surface area contributed by atoms with E-state index in [1.165, 1.54) is 0 Å². The van der Waals surface area contributed by atoms with Crippen LogP contribution in [0, 0.1) is 24.5 Å². The zero-order chi connectivity index (χ0) is 18.7. The van der Waals surface area contributed by atoms with Crippen molar-refractivity contribution < 1.29 is 17.2 Å². The number of rotatable bonds is 5. The Labute approximate surface area is 152 Å². The van der Waals surface area contributed by atoms with Crippen LogP contribution < -0.4 is 9.62 Å². The highest BCUT2D eigenvalue weighted by Gasteiger charge is 2.26. The summed E-state index contributed by atoms with van der Waals surface area (Å²) in [6.07, 6.45) is 3.36. The number of aryl methyl sites for hydroxylation is 1. The van der Waals surface area contributed by atoms with Crippen LogP contribution in [0.3, 0.4) is 0 Å². The largest absolute Gasteiger partial charge is 0.371 e. The molecule has 0 aliphatic carbocycles. The van der Waals surface area contributed by atoms with Crippen molar-refractivity contribution >= 4 is 15.7 Å². The Morgan fingerprint density at radius 1 is 1.19 bits per heavy atom. The van der Waals surface area contributed by atoms with Gasteiger partial charge in [0.15, 0.2) is 4.90 Å². The molecule has 0 amide bonds. The van der Waals surface area contributed by atoms with Gasteiger partial charge in [0.1, 0.15) is 11.6 Å². The van der Waals surface area contributed by atoms with Crippen molar-refractivity contribution in [2.24, 2.45) is 5.92 Å². The Morgan fingerprint density at radius 2 is 1.85 bits per heavy atom. The van der Waals surface area contributed by atoms with Gasteiger partial charge in [-0.05, 0) is 49.9 Å². The fraction of sp³-hybridized carbons (Fsp3) is 0.389. The van der Waals surface area contributed by atoms with E-state index >= 15 is 0 Å². The summed E-state index contributed by atoms with van der Waals surface area (Å²) in [7, 11) is -4.21. The van der Waals surface area contributed by atoms with E-state index in [0.717, 1.165) is 55.5 Å². The Morgan fingerprint density at radius 3 is 2.46 bits per heavy atom. The summed E-state index contributed by atoms with van der Waals surface area (Å²) >= 11 is 0. The second-order valence-electron chi connectivity index (χ2n) is 6.49. The van der Waals surface area contributed by atoms with Crippen molar-refractivity contribution in [1.29, 1.82) is 0 Å². The summed E-state index contributed by atoms with van der Waals surface area (Å²) in [5.41, 5.74) is 2.05. The molecule has 0 saturated carbocycles. The van der Waals surface area contributed by atoms with Crippen molar-refractivity contribution in [3.05, 3.63) is 53.9 Å². The van der Waals surface area contributed by atoms with Crippen LogP contribution >= 0.6 is 0 Å². The number of aromatic nitrogens is 1. The molecule has 140 valence electrons. The molecule has 0 spiro atoms. The molecule has 1 aliphatic rings. The molecule has 1 saturated heterocycles. The summed E-state index contributed by atoms with van der Waals surface area (Å²) in [4.78, 5) is 5.50. The topological polar surface area (TPSA) is 62.3 Å². The molecule has 26 heavy (non-hydrogen) atoms. The first-order chi connectivity index (χ1) is 12.4. The van der Waals surface area contributed by atoms with Crippen LogP contribution in [0.2, 0.25) is 0 Å². The number of nitrogens with zero attached hydrogens (tertiary/aromatic N) is 2. The average molecular weight is 381 g/mol. The smallest absolute Gasteiger partial charge is 0.246 e. The first-order valence-corrected chi connectivity index (χ1v) is 9.96. The zero-order valence-corrected chi connectivity index (χ0v) is 15.3. The number of piperidine rings is 1. The quantitative estimate of drug-likeness (QED) is 0.865. The van der Waals surface area contributed by atoms with Crippen LogP contribution in [0.5, 0.6) is 0 Å². The number of nitrogens with one attached hydrogen (secondary N) is 1. The van der Waals surface area contributed by atoms with Crippen LogP contribution in [0.15, 0.2) is 41.4 Å². The summed E-state index contributed by atoms with van der Waals surface area (Å²) < 4.78 is 54.2. The van der Waals surface area contributed by atoms with Crippen molar-refractivity contribution in [1.82, 2.24) is 9.71 Å². The van der Waals surface area contributed by atoms with E-state index < -0.39 is 26.6 Å². The Kier molecular flexibility index (Phi) is 5.52. The molecule has 1 aromatic heterocycles. The third kappa shape index (κ3) is 4.19. The summed E-state index contributed by atoms with van der Waals surface area (Å²) in [6, 6.07) is 6.99. The van der Waals surface area contributed by atoms with Crippen molar-refractivity contribution in [2.45, 2.75) is 24.7 Å². The van der Waals surface area contributed by atoms with Gasteiger partial charge in [0.2, 0.25) is 10.0 Å². The first kappa shape index (κ1) is 18.7. The van der Waals surface area contributed by atoms with Crippen LogP contribution in [-0.4, -0.2) is 33.0 Å². The summed E-state index contributed by atoms with van der Waals surface area (Å²) in [5.74, 6) is -2.04. The fourth-order valence-electron chi connectivity index (χ4n) is 3.16. The van der Waals surface area contributed by atoms with Crippen LogP contribution in [0.25, 0.3) is 0 Å². The van der Waals surface area contributed by atoms with Gasteiger partial charge in [-0.25, -0.2) is 21.9 Å². The van der Waals surface area contributed by atoms with E-state index in [4.69, 9.17) is 0 Å². The maximum atomic E-state index is 13.7. The van der Waals surface area contributed by atoms with Gasteiger partial charge in [0, 0.05) is 37.2 Å². The second kappa shape index (κ2) is 7.67. The highest BCUT2D eigenvalue weighted by atomic mass is 32.2. The van der Waals surface area contributed by atoms with Crippen LogP contribution in [0.1, 0.15) is 18.5 Å². The van der Waals surface area contributed by atoms with Crippen molar-refractivity contribution in [2.75, 3.05) is 24.5 Å². The molecule has 1 fully saturated rings. The predicted molar refractivity (Wildman–Crippen MR) is 95.5 cm³/mol. The van der Waals surface area contributed by atoms with Gasteiger partial charge in [-0.2, -0.15) is 0 Å². The minimum Gasteiger partial charge on any atom is -0.371 e. The first-order valence-electron chi connectivity index (χ1n) is 8.48. The number of halogens is 2. The summed E-state index contributed by atoms with van der Waals surface area (Å²) in [6.45, 7) is 3.69. The van der Waals surface area contributed by atoms with Crippen LogP contribution in [-0.2, 0) is 10.0 Å². The molecule has 1 aromatic carbocycles. The number of hydrogen-bond donors (Lipinski definition) is 1. The number of sulfonamides is 1. The highest BCUT2D eigenvalue weighted by molar-refractivity contribution is 7.89. The number of benzene rings is 1. The average Bonchev–Trinajstić information content (AvgIpc) is 2.60. The lowest BCUT2D eigenvalue weighted by atomic mass is 9.97. The molecule has 8 heteroatoms. The van der Waals surface area contributed by atoms with E-state index in [9.17, 15) is 17.2 Å². The Bertz CT molecular complexity index is 862. The SMILES string of the molecule is Cc1cc(N2CCC(CNS(=O)(=O)c3c(F)cccc3F)CC2)ccn1. The molecule has 0 unspecified atom stereocenters. The highest BCUT2D eigenvalue weighted by Crippen LogP contribution is 2.24. The predicted octanol–water partition coefficient (Wildman–Crippen LogP) is 2.86. The summed E-state index contributed by atoms with van der Waals surface area (Å²) in [5, 5.41) is 0. The van der Waals surface area contributed by atoms with Gasteiger partial charge in [0.25, 0.3) is 0 Å². The van der Waals surface area contributed by atoms with Gasteiger partial charge in [-0.1, -0.05) is 6.07 Å². The molecule has 1 N–H and O–H groups in total. The molecule has 0 radical (unpaired) electrons. The van der Waals surface area contributed by atoms with E-state index in [-0.39, 0.29) is 12.5 Å². The van der Waals surface area contributed by atoms with Gasteiger partial charge in [-0.15, -0.1) is 0 Å². The number of anilines is 1. The molecule has 2 aromatic rings. The lowest BCUT2D eigenvalue weighted by Gasteiger charge is -2.33. The molecule has 5 nitrogen and oxygen atoms in total. The maximum absolute atomic E-state index is 13.7. The minimum atomic E-state index is -4.21.